The van der Waals surface area contributed by atoms with Crippen molar-refractivity contribution in [1.82, 2.24) is 20.9 Å². The number of para-hydroxylation sites is 1. The van der Waals surface area contributed by atoms with Gasteiger partial charge in [-0.1, -0.05) is 18.2 Å². The first-order valence-electron chi connectivity index (χ1n) is 13.4. The van der Waals surface area contributed by atoms with Gasteiger partial charge in [0.1, 0.15) is 24.2 Å². The Kier molecular flexibility index (Phi) is 13.5. The molecule has 2 rings (SSSR count). The summed E-state index contributed by atoms with van der Waals surface area (Å²) in [5.41, 5.74) is 23.4. The fourth-order valence-corrected chi connectivity index (χ4v) is 4.16. The van der Waals surface area contributed by atoms with E-state index in [2.05, 4.69) is 25.9 Å². The van der Waals surface area contributed by atoms with Crippen molar-refractivity contribution >= 4 is 40.6 Å². The van der Waals surface area contributed by atoms with E-state index in [9.17, 15) is 29.4 Å². The molecule has 0 saturated heterocycles. The Hall–Kier alpha value is -4.21. The Morgan fingerprint density at radius 3 is 2.12 bits per heavy atom. The topological polar surface area (TPSA) is 277 Å². The normalized spacial score (nSPS) is 13.9. The summed E-state index contributed by atoms with van der Waals surface area (Å²) in [6, 6.07) is 2.63. The number of aromatic nitrogens is 1. The van der Waals surface area contributed by atoms with Crippen LogP contribution in [-0.2, 0) is 25.6 Å². The van der Waals surface area contributed by atoms with Crippen molar-refractivity contribution in [1.29, 1.82) is 0 Å². The minimum absolute atomic E-state index is 0.0110. The number of carboxylic acid groups (broad SMARTS) is 1. The number of benzene rings is 1. The van der Waals surface area contributed by atoms with E-state index < -0.39 is 54.5 Å². The molecular weight excluding hydrogens is 534 g/mol. The van der Waals surface area contributed by atoms with Crippen LogP contribution in [0, 0.1) is 0 Å². The predicted octanol–water partition coefficient (Wildman–Crippen LogP) is -2.25. The van der Waals surface area contributed by atoms with Crippen LogP contribution in [0.15, 0.2) is 35.5 Å². The number of fused-ring (bicyclic) bond motifs is 1. The molecule has 0 aliphatic carbocycles. The lowest BCUT2D eigenvalue weighted by Crippen LogP contribution is -2.57. The summed E-state index contributed by atoms with van der Waals surface area (Å²) in [7, 11) is 0. The van der Waals surface area contributed by atoms with E-state index in [0.717, 1.165) is 10.9 Å². The summed E-state index contributed by atoms with van der Waals surface area (Å²) in [5, 5.41) is 27.5. The second-order valence-corrected chi connectivity index (χ2v) is 9.61. The van der Waals surface area contributed by atoms with Gasteiger partial charge < -0.3 is 54.1 Å². The lowest BCUT2D eigenvalue weighted by molar-refractivity contribution is -0.142. The number of carboxylic acids is 1. The number of nitrogens with zero attached hydrogens (tertiary/aromatic N) is 1. The summed E-state index contributed by atoms with van der Waals surface area (Å²) in [4.78, 5) is 57.9. The van der Waals surface area contributed by atoms with Crippen LogP contribution in [-0.4, -0.2) is 88.7 Å². The smallest absolute Gasteiger partial charge is 0.326 e. The number of aliphatic hydroxyl groups is 1. The van der Waals surface area contributed by atoms with E-state index in [4.69, 9.17) is 22.9 Å². The van der Waals surface area contributed by atoms with Gasteiger partial charge in [0.2, 0.25) is 17.7 Å². The van der Waals surface area contributed by atoms with Crippen LogP contribution in [0.25, 0.3) is 10.9 Å². The lowest BCUT2D eigenvalue weighted by atomic mass is 10.0. The Bertz CT molecular complexity index is 1200. The molecule has 41 heavy (non-hydrogen) atoms. The zero-order valence-electron chi connectivity index (χ0n) is 22.8. The zero-order chi connectivity index (χ0) is 30.4. The van der Waals surface area contributed by atoms with Gasteiger partial charge in [-0.2, -0.15) is 0 Å². The van der Waals surface area contributed by atoms with Crippen LogP contribution < -0.4 is 38.9 Å². The monoisotopic (exact) mass is 575 g/mol. The molecule has 4 atom stereocenters. The van der Waals surface area contributed by atoms with Gasteiger partial charge in [-0.15, -0.1) is 0 Å². The highest BCUT2D eigenvalue weighted by Crippen LogP contribution is 2.19. The highest BCUT2D eigenvalue weighted by Gasteiger charge is 2.30. The molecule has 0 aliphatic rings. The maximum atomic E-state index is 13.3. The number of aliphatic imine (C=N–C) groups is 1. The molecule has 0 bridgehead atoms. The van der Waals surface area contributed by atoms with Gasteiger partial charge in [-0.3, -0.25) is 19.4 Å². The number of carbonyl (C=O) groups is 4. The number of nitrogens with two attached hydrogens (primary N) is 4. The Morgan fingerprint density at radius 1 is 0.902 bits per heavy atom. The summed E-state index contributed by atoms with van der Waals surface area (Å²) in [5.74, 6) is -3.51. The number of nitrogens with one attached hydrogen (secondary N) is 4. The quantitative estimate of drug-likeness (QED) is 0.0518. The number of carbonyl (C=O) groups excluding carboxylic acids is 3. The first-order chi connectivity index (χ1) is 19.6. The number of aromatic amines is 1. The molecule has 14 N–H and O–H groups in total. The molecule has 226 valence electrons. The Labute approximate surface area is 237 Å². The highest BCUT2D eigenvalue weighted by atomic mass is 16.4. The van der Waals surface area contributed by atoms with E-state index in [1.807, 2.05) is 24.3 Å². The molecule has 2 aromatic rings. The fraction of sp³-hybridized carbons (Fsp3) is 0.500. The van der Waals surface area contributed by atoms with Gasteiger partial charge >= 0.3 is 5.97 Å². The molecule has 15 nitrogen and oxygen atoms in total. The van der Waals surface area contributed by atoms with Crippen molar-refractivity contribution in [2.24, 2.45) is 27.9 Å². The molecule has 0 fully saturated rings. The van der Waals surface area contributed by atoms with E-state index in [-0.39, 0.29) is 31.8 Å². The number of aliphatic hydroxyl groups excluding tert-OH is 1. The van der Waals surface area contributed by atoms with Gasteiger partial charge in [0.05, 0.1) is 6.61 Å². The van der Waals surface area contributed by atoms with Gasteiger partial charge in [0, 0.05) is 30.1 Å². The van der Waals surface area contributed by atoms with Crippen molar-refractivity contribution in [3.8, 4) is 0 Å². The van der Waals surface area contributed by atoms with Crippen molar-refractivity contribution in [3.63, 3.8) is 0 Å². The SMILES string of the molecule is NCCCCC(NC(=O)C(CCCN=C(N)N)NC(=O)C(N)CO)C(=O)NC(Cc1c[nH]c2ccccc12)C(=O)O. The van der Waals surface area contributed by atoms with Crippen LogP contribution in [0.4, 0.5) is 0 Å². The maximum absolute atomic E-state index is 13.3. The van der Waals surface area contributed by atoms with Crippen LogP contribution in [0.5, 0.6) is 0 Å². The van der Waals surface area contributed by atoms with Crippen LogP contribution >= 0.6 is 0 Å². The average molecular weight is 576 g/mol. The van der Waals surface area contributed by atoms with Crippen molar-refractivity contribution < 1.29 is 29.4 Å². The second-order valence-electron chi connectivity index (χ2n) is 9.61. The average Bonchev–Trinajstić information content (AvgIpc) is 3.35. The molecule has 0 radical (unpaired) electrons. The first kappa shape index (κ1) is 33.0. The molecule has 1 heterocycles. The maximum Gasteiger partial charge on any atom is 0.326 e. The van der Waals surface area contributed by atoms with Crippen LogP contribution in [0.2, 0.25) is 0 Å². The molecule has 3 amide bonds. The minimum Gasteiger partial charge on any atom is -0.480 e. The first-order valence-corrected chi connectivity index (χ1v) is 13.4. The molecule has 1 aromatic heterocycles. The molecule has 0 saturated carbocycles. The number of unbranched alkanes of at least 4 members (excludes halogenated alkanes) is 1. The van der Waals surface area contributed by atoms with E-state index in [1.54, 1.807) is 6.20 Å². The number of amides is 3. The summed E-state index contributed by atoms with van der Waals surface area (Å²) < 4.78 is 0. The Morgan fingerprint density at radius 2 is 1.51 bits per heavy atom. The van der Waals surface area contributed by atoms with Crippen LogP contribution in [0.1, 0.15) is 37.7 Å². The number of rotatable bonds is 18. The molecule has 4 unspecified atom stereocenters. The molecule has 1 aromatic carbocycles. The largest absolute Gasteiger partial charge is 0.480 e. The highest BCUT2D eigenvalue weighted by molar-refractivity contribution is 5.94. The van der Waals surface area contributed by atoms with E-state index >= 15 is 0 Å². The number of guanidine groups is 1. The molecular formula is C26H41N9O6. The second kappa shape index (κ2) is 16.8. The lowest BCUT2D eigenvalue weighted by Gasteiger charge is -2.25. The number of H-pyrrole nitrogens is 1. The predicted molar refractivity (Wildman–Crippen MR) is 153 cm³/mol. The molecule has 0 spiro atoms. The standard InChI is InChI=1S/C26H41N9O6/c27-10-4-3-8-19(34-23(38)20(9-5-11-31-26(29)30)33-22(37)17(28)14-36)24(39)35-21(25(40)41)12-15-13-32-18-7-2-1-6-16(15)18/h1-2,6-7,13,17,19-21,32,36H,3-5,8-12,14,27-28H2,(H,33,37)(H,34,38)(H,35,39)(H,40,41)(H4,29,30,31). The fourth-order valence-electron chi connectivity index (χ4n) is 4.16. The van der Waals surface area contributed by atoms with E-state index in [1.165, 1.54) is 0 Å². The number of aliphatic carboxylic acids is 1. The van der Waals surface area contributed by atoms with Crippen LogP contribution in [0.3, 0.4) is 0 Å². The van der Waals surface area contributed by atoms with Crippen molar-refractivity contribution in [2.75, 3.05) is 19.7 Å². The third kappa shape index (κ3) is 10.7. The Balaban J connectivity index is 2.19. The van der Waals surface area contributed by atoms with Gasteiger partial charge in [0.15, 0.2) is 5.96 Å². The summed E-state index contributed by atoms with van der Waals surface area (Å²) in [6.07, 6.45) is 3.34. The van der Waals surface area contributed by atoms with E-state index in [0.29, 0.717) is 31.4 Å². The molecule has 15 heteroatoms. The van der Waals surface area contributed by atoms with Crippen molar-refractivity contribution in [2.45, 2.75) is 62.7 Å². The zero-order valence-corrected chi connectivity index (χ0v) is 22.8. The van der Waals surface area contributed by atoms with Gasteiger partial charge in [-0.05, 0) is 50.3 Å². The summed E-state index contributed by atoms with van der Waals surface area (Å²) in [6.45, 7) is -0.0863. The molecule has 0 aliphatic heterocycles. The number of hydrogen-bond donors (Lipinski definition) is 10. The third-order valence-corrected chi connectivity index (χ3v) is 6.41. The van der Waals surface area contributed by atoms with Gasteiger partial charge in [-0.25, -0.2) is 4.79 Å². The van der Waals surface area contributed by atoms with Crippen molar-refractivity contribution in [3.05, 3.63) is 36.0 Å². The third-order valence-electron chi connectivity index (χ3n) is 6.41. The summed E-state index contributed by atoms with van der Waals surface area (Å²) >= 11 is 0. The minimum atomic E-state index is -1.27. The number of hydrogen-bond acceptors (Lipinski definition) is 8. The van der Waals surface area contributed by atoms with Gasteiger partial charge in [0.25, 0.3) is 0 Å².